The highest BCUT2D eigenvalue weighted by molar-refractivity contribution is 5.98. The van der Waals surface area contributed by atoms with E-state index in [9.17, 15) is 14.0 Å². The zero-order valence-electron chi connectivity index (χ0n) is 15.2. The Labute approximate surface area is 158 Å². The van der Waals surface area contributed by atoms with E-state index in [0.717, 1.165) is 31.2 Å². The Morgan fingerprint density at radius 3 is 2.59 bits per heavy atom. The van der Waals surface area contributed by atoms with Crippen LogP contribution in [0.5, 0.6) is 0 Å². The van der Waals surface area contributed by atoms with Gasteiger partial charge >= 0.3 is 0 Å². The first-order valence-corrected chi connectivity index (χ1v) is 9.53. The minimum Gasteiger partial charge on any atom is -0.351 e. The van der Waals surface area contributed by atoms with Gasteiger partial charge < -0.3 is 10.6 Å². The van der Waals surface area contributed by atoms with Crippen molar-refractivity contribution in [2.45, 2.75) is 43.9 Å². The summed E-state index contributed by atoms with van der Waals surface area (Å²) in [6.07, 6.45) is 5.20. The summed E-state index contributed by atoms with van der Waals surface area (Å²) in [6, 6.07) is 13.1. The number of halogens is 1. The molecule has 0 aromatic heterocycles. The van der Waals surface area contributed by atoms with Crippen molar-refractivity contribution >= 4 is 17.5 Å². The molecule has 2 aromatic rings. The van der Waals surface area contributed by atoms with Crippen molar-refractivity contribution in [1.82, 2.24) is 5.32 Å². The van der Waals surface area contributed by atoms with Crippen LogP contribution >= 0.6 is 0 Å². The molecular weight excluding hydrogens is 343 g/mol. The highest BCUT2D eigenvalue weighted by Crippen LogP contribution is 2.40. The SMILES string of the molecule is O=C1CCc2cc(C(=O)NCC3(c4ccccc4)CCCC3)c(F)cc2N1. The number of fused-ring (bicyclic) bond motifs is 1. The lowest BCUT2D eigenvalue weighted by atomic mass is 9.79. The van der Waals surface area contributed by atoms with Gasteiger partial charge in [-0.25, -0.2) is 4.39 Å². The lowest BCUT2D eigenvalue weighted by Crippen LogP contribution is -2.39. The summed E-state index contributed by atoms with van der Waals surface area (Å²) in [7, 11) is 0. The molecule has 1 heterocycles. The Morgan fingerprint density at radius 2 is 1.85 bits per heavy atom. The molecule has 1 aliphatic heterocycles. The van der Waals surface area contributed by atoms with Gasteiger partial charge in [0.15, 0.2) is 0 Å². The Kier molecular flexibility index (Phi) is 4.68. The predicted molar refractivity (Wildman–Crippen MR) is 102 cm³/mol. The van der Waals surface area contributed by atoms with E-state index in [-0.39, 0.29) is 16.9 Å². The van der Waals surface area contributed by atoms with E-state index < -0.39 is 11.7 Å². The van der Waals surface area contributed by atoms with Crippen LogP contribution in [0.1, 0.15) is 53.6 Å². The summed E-state index contributed by atoms with van der Waals surface area (Å²) in [4.78, 5) is 24.2. The first-order chi connectivity index (χ1) is 13.1. The monoisotopic (exact) mass is 366 g/mol. The van der Waals surface area contributed by atoms with Crippen LogP contribution in [-0.2, 0) is 16.6 Å². The van der Waals surface area contributed by atoms with Crippen molar-refractivity contribution in [2.75, 3.05) is 11.9 Å². The third-order valence-electron chi connectivity index (χ3n) is 5.87. The number of hydrogen-bond donors (Lipinski definition) is 2. The second-order valence-electron chi connectivity index (χ2n) is 7.57. The number of hydrogen-bond acceptors (Lipinski definition) is 2. The molecule has 0 radical (unpaired) electrons. The average molecular weight is 366 g/mol. The van der Waals surface area contributed by atoms with E-state index in [2.05, 4.69) is 22.8 Å². The Balaban J connectivity index is 1.53. The van der Waals surface area contributed by atoms with Gasteiger partial charge in [0.05, 0.1) is 5.56 Å². The van der Waals surface area contributed by atoms with E-state index >= 15 is 0 Å². The van der Waals surface area contributed by atoms with Gasteiger partial charge in [0.2, 0.25) is 5.91 Å². The summed E-state index contributed by atoms with van der Waals surface area (Å²) in [5.41, 5.74) is 2.48. The Bertz CT molecular complexity index is 873. The number of carbonyl (C=O) groups is 2. The molecule has 2 aliphatic rings. The van der Waals surface area contributed by atoms with Crippen LogP contribution < -0.4 is 10.6 Å². The van der Waals surface area contributed by atoms with Crippen molar-refractivity contribution in [3.05, 3.63) is 65.0 Å². The zero-order valence-corrected chi connectivity index (χ0v) is 15.2. The molecule has 140 valence electrons. The molecule has 0 bridgehead atoms. The molecule has 2 aromatic carbocycles. The summed E-state index contributed by atoms with van der Waals surface area (Å²) in [6.45, 7) is 0.503. The molecule has 0 atom stereocenters. The van der Waals surface area contributed by atoms with E-state index in [1.165, 1.54) is 11.6 Å². The van der Waals surface area contributed by atoms with Crippen molar-refractivity contribution in [3.8, 4) is 0 Å². The average Bonchev–Trinajstić information content (AvgIpc) is 3.16. The van der Waals surface area contributed by atoms with Crippen LogP contribution in [0.4, 0.5) is 10.1 Å². The molecule has 1 fully saturated rings. The summed E-state index contributed by atoms with van der Waals surface area (Å²) in [5.74, 6) is -1.12. The van der Waals surface area contributed by atoms with Crippen LogP contribution in [0.25, 0.3) is 0 Å². The van der Waals surface area contributed by atoms with Crippen LogP contribution in [0.3, 0.4) is 0 Å². The van der Waals surface area contributed by atoms with E-state index in [1.54, 1.807) is 6.07 Å². The van der Waals surface area contributed by atoms with Gasteiger partial charge in [0.25, 0.3) is 5.91 Å². The molecule has 0 saturated heterocycles. The summed E-state index contributed by atoms with van der Waals surface area (Å²) in [5, 5.41) is 5.63. The highest BCUT2D eigenvalue weighted by atomic mass is 19.1. The lowest BCUT2D eigenvalue weighted by molar-refractivity contribution is -0.116. The maximum Gasteiger partial charge on any atom is 0.254 e. The molecule has 0 spiro atoms. The largest absolute Gasteiger partial charge is 0.351 e. The quantitative estimate of drug-likeness (QED) is 0.861. The number of benzene rings is 2. The topological polar surface area (TPSA) is 58.2 Å². The molecule has 2 amide bonds. The van der Waals surface area contributed by atoms with Gasteiger partial charge in [-0.05, 0) is 42.5 Å². The molecular formula is C22H23FN2O2. The van der Waals surface area contributed by atoms with Gasteiger partial charge in [0.1, 0.15) is 5.82 Å². The molecule has 27 heavy (non-hydrogen) atoms. The second-order valence-corrected chi connectivity index (χ2v) is 7.57. The van der Waals surface area contributed by atoms with Crippen LogP contribution in [0, 0.1) is 5.82 Å². The van der Waals surface area contributed by atoms with Crippen molar-refractivity contribution in [2.24, 2.45) is 0 Å². The summed E-state index contributed by atoms with van der Waals surface area (Å²) < 4.78 is 14.5. The van der Waals surface area contributed by atoms with Gasteiger partial charge in [0, 0.05) is 24.1 Å². The lowest BCUT2D eigenvalue weighted by Gasteiger charge is -2.30. The maximum absolute atomic E-state index is 14.5. The smallest absolute Gasteiger partial charge is 0.254 e. The Morgan fingerprint density at radius 1 is 1.11 bits per heavy atom. The molecule has 2 N–H and O–H groups in total. The van der Waals surface area contributed by atoms with Gasteiger partial charge in [-0.1, -0.05) is 43.2 Å². The number of anilines is 1. The maximum atomic E-state index is 14.5. The zero-order chi connectivity index (χ0) is 18.9. The Hall–Kier alpha value is -2.69. The van der Waals surface area contributed by atoms with E-state index in [4.69, 9.17) is 0 Å². The minimum absolute atomic E-state index is 0.0473. The number of carbonyl (C=O) groups excluding carboxylic acids is 2. The third-order valence-corrected chi connectivity index (χ3v) is 5.87. The van der Waals surface area contributed by atoms with Crippen molar-refractivity contribution < 1.29 is 14.0 Å². The van der Waals surface area contributed by atoms with Crippen molar-refractivity contribution in [1.29, 1.82) is 0 Å². The fraction of sp³-hybridized carbons (Fsp3) is 0.364. The van der Waals surface area contributed by atoms with Gasteiger partial charge in [-0.2, -0.15) is 0 Å². The normalized spacial score (nSPS) is 17.9. The number of amides is 2. The highest BCUT2D eigenvalue weighted by Gasteiger charge is 2.36. The predicted octanol–water partition coefficient (Wildman–Crippen LogP) is 3.95. The molecule has 0 unspecified atom stereocenters. The van der Waals surface area contributed by atoms with Gasteiger partial charge in [-0.3, -0.25) is 9.59 Å². The second kappa shape index (κ2) is 7.14. The number of rotatable bonds is 4. The fourth-order valence-electron chi connectivity index (χ4n) is 4.33. The first kappa shape index (κ1) is 17.7. The number of nitrogens with one attached hydrogen (secondary N) is 2. The number of aryl methyl sites for hydroxylation is 1. The van der Waals surface area contributed by atoms with E-state index in [1.807, 2.05) is 18.2 Å². The summed E-state index contributed by atoms with van der Waals surface area (Å²) >= 11 is 0. The molecule has 1 saturated carbocycles. The van der Waals surface area contributed by atoms with Crippen LogP contribution in [0.2, 0.25) is 0 Å². The first-order valence-electron chi connectivity index (χ1n) is 9.53. The molecule has 4 nitrogen and oxygen atoms in total. The van der Waals surface area contributed by atoms with Crippen LogP contribution in [0.15, 0.2) is 42.5 Å². The van der Waals surface area contributed by atoms with Crippen LogP contribution in [-0.4, -0.2) is 18.4 Å². The third kappa shape index (κ3) is 3.46. The van der Waals surface area contributed by atoms with E-state index in [0.29, 0.717) is 25.1 Å². The standard InChI is InChI=1S/C22H23FN2O2/c23-18-13-19-15(8-9-20(26)25-19)12-17(18)21(27)24-14-22(10-4-5-11-22)16-6-2-1-3-7-16/h1-3,6-7,12-13H,4-5,8-11,14H2,(H,24,27)(H,25,26). The molecule has 5 heteroatoms. The minimum atomic E-state index is -0.603. The fourth-order valence-corrected chi connectivity index (χ4v) is 4.33. The molecule has 1 aliphatic carbocycles. The van der Waals surface area contributed by atoms with Crippen molar-refractivity contribution in [3.63, 3.8) is 0 Å². The van der Waals surface area contributed by atoms with Gasteiger partial charge in [-0.15, -0.1) is 0 Å². The molecule has 4 rings (SSSR count).